The Morgan fingerprint density at radius 1 is 1.05 bits per heavy atom. The average molecular weight is 533 g/mol. The van der Waals surface area contributed by atoms with Gasteiger partial charge in [-0.05, 0) is 31.3 Å². The Morgan fingerprint density at radius 3 is 2.67 bits per heavy atom. The Kier molecular flexibility index (Phi) is 6.49. The predicted molar refractivity (Wildman–Crippen MR) is 144 cm³/mol. The van der Waals surface area contributed by atoms with Crippen molar-refractivity contribution in [1.29, 1.82) is 0 Å². The number of carbonyl (C=O) groups is 1. The van der Waals surface area contributed by atoms with Crippen molar-refractivity contribution in [3.05, 3.63) is 60.9 Å². The van der Waals surface area contributed by atoms with Gasteiger partial charge in [-0.15, -0.1) is 0 Å². The summed E-state index contributed by atoms with van der Waals surface area (Å²) in [5.41, 5.74) is 3.71. The topological polar surface area (TPSA) is 119 Å². The maximum atomic E-state index is 12.5. The second-order valence-electron chi connectivity index (χ2n) is 9.37. The monoisotopic (exact) mass is 532 g/mol. The molecule has 6 rings (SSSR count). The van der Waals surface area contributed by atoms with Crippen molar-refractivity contribution in [2.24, 2.45) is 0 Å². The number of hydrogen-bond acceptors (Lipinski definition) is 8. The Hall–Kier alpha value is -4.65. The van der Waals surface area contributed by atoms with E-state index in [1.807, 2.05) is 24.4 Å². The van der Waals surface area contributed by atoms with Gasteiger partial charge in [-0.3, -0.25) is 9.20 Å². The molecule has 1 amide bonds. The van der Waals surface area contributed by atoms with Gasteiger partial charge in [0, 0.05) is 61.3 Å². The van der Waals surface area contributed by atoms with Crippen LogP contribution >= 0.6 is 0 Å². The van der Waals surface area contributed by atoms with Crippen LogP contribution < -0.4 is 15.5 Å². The van der Waals surface area contributed by atoms with Crippen molar-refractivity contribution in [3.63, 3.8) is 0 Å². The standard InChI is InChI=1S/C26H26F2N10O/c1-36-6-8-37(9-7-36)22-5-3-17(10-29-22)34-26-33-12-19-18(11-31-24(19)35-26)16-2-4-23-30-13-20(38(23)15-16)25(39)32-14-21(27)28/h2-5,10-13,15,21H,6-9,14H2,1H3,(H,32,39)(H2,31,33,34,35). The number of carbonyl (C=O) groups excluding carboxylic acids is 1. The Bertz CT molecular complexity index is 1620. The van der Waals surface area contributed by atoms with Gasteiger partial charge in [0.2, 0.25) is 5.95 Å². The van der Waals surface area contributed by atoms with E-state index in [1.165, 1.54) is 6.20 Å². The van der Waals surface area contributed by atoms with Crippen molar-refractivity contribution in [2.75, 3.05) is 50.0 Å². The minimum atomic E-state index is -2.63. The number of halogens is 2. The van der Waals surface area contributed by atoms with Gasteiger partial charge in [-0.25, -0.2) is 23.7 Å². The maximum absolute atomic E-state index is 12.5. The van der Waals surface area contributed by atoms with Crippen LogP contribution in [0.15, 0.2) is 55.2 Å². The number of alkyl halides is 2. The number of anilines is 3. The molecule has 0 spiro atoms. The third-order valence-corrected chi connectivity index (χ3v) is 6.73. The van der Waals surface area contributed by atoms with E-state index in [0.717, 1.165) is 54.2 Å². The van der Waals surface area contributed by atoms with Crippen molar-refractivity contribution < 1.29 is 13.6 Å². The lowest BCUT2D eigenvalue weighted by atomic mass is 10.1. The molecular formula is C26H26F2N10O. The molecule has 200 valence electrons. The fourth-order valence-electron chi connectivity index (χ4n) is 4.59. The number of imidazole rings is 1. The predicted octanol–water partition coefficient (Wildman–Crippen LogP) is 3.16. The molecular weight excluding hydrogens is 506 g/mol. The number of hydrogen-bond donors (Lipinski definition) is 3. The molecule has 11 nitrogen and oxygen atoms in total. The zero-order valence-electron chi connectivity index (χ0n) is 21.1. The smallest absolute Gasteiger partial charge is 0.270 e. The third kappa shape index (κ3) is 5.08. The summed E-state index contributed by atoms with van der Waals surface area (Å²) < 4.78 is 26.6. The lowest BCUT2D eigenvalue weighted by Crippen LogP contribution is -2.44. The van der Waals surface area contributed by atoms with Crippen LogP contribution in [0, 0.1) is 0 Å². The van der Waals surface area contributed by atoms with Gasteiger partial charge in [0.25, 0.3) is 12.3 Å². The number of amides is 1. The second kappa shape index (κ2) is 10.3. The van der Waals surface area contributed by atoms with Gasteiger partial charge in [0.05, 0.1) is 24.6 Å². The summed E-state index contributed by atoms with van der Waals surface area (Å²) in [5.74, 6) is 0.751. The van der Waals surface area contributed by atoms with Crippen LogP contribution in [0.5, 0.6) is 0 Å². The third-order valence-electron chi connectivity index (χ3n) is 6.73. The second-order valence-corrected chi connectivity index (χ2v) is 9.37. The summed E-state index contributed by atoms with van der Waals surface area (Å²) in [6.45, 7) is 3.21. The maximum Gasteiger partial charge on any atom is 0.270 e. The molecule has 3 N–H and O–H groups in total. The van der Waals surface area contributed by atoms with Crippen LogP contribution in [0.2, 0.25) is 0 Å². The summed E-state index contributed by atoms with van der Waals surface area (Å²) in [6, 6.07) is 7.58. The molecule has 1 saturated heterocycles. The number of rotatable bonds is 7. The number of pyridine rings is 2. The Morgan fingerprint density at radius 2 is 1.90 bits per heavy atom. The van der Waals surface area contributed by atoms with Gasteiger partial charge in [-0.1, -0.05) is 0 Å². The largest absolute Gasteiger partial charge is 0.354 e. The number of aromatic nitrogens is 6. The van der Waals surface area contributed by atoms with Crippen molar-refractivity contribution in [2.45, 2.75) is 6.43 Å². The lowest BCUT2D eigenvalue weighted by molar-refractivity contribution is 0.0886. The van der Waals surface area contributed by atoms with Crippen LogP contribution in [0.3, 0.4) is 0 Å². The fourth-order valence-corrected chi connectivity index (χ4v) is 4.59. The molecule has 0 aliphatic carbocycles. The van der Waals surface area contributed by atoms with Crippen molar-refractivity contribution >= 4 is 40.0 Å². The van der Waals surface area contributed by atoms with E-state index in [9.17, 15) is 13.6 Å². The molecule has 5 aromatic rings. The first-order valence-corrected chi connectivity index (χ1v) is 12.5. The first kappa shape index (κ1) is 24.7. The molecule has 0 aromatic carbocycles. The highest BCUT2D eigenvalue weighted by Crippen LogP contribution is 2.29. The number of aromatic amines is 1. The van der Waals surface area contributed by atoms with Crippen LogP contribution in [0.4, 0.5) is 26.2 Å². The van der Waals surface area contributed by atoms with Crippen LogP contribution in [0.25, 0.3) is 27.8 Å². The number of likely N-dealkylation sites (N-methyl/N-ethyl adjacent to an activating group) is 1. The Labute approximate surface area is 221 Å². The van der Waals surface area contributed by atoms with Crippen LogP contribution in [0.1, 0.15) is 10.5 Å². The summed E-state index contributed by atoms with van der Waals surface area (Å²) in [4.78, 5) is 38.0. The molecule has 0 radical (unpaired) electrons. The fraction of sp³-hybridized carbons (Fsp3) is 0.269. The summed E-state index contributed by atoms with van der Waals surface area (Å²) in [6.07, 6.45) is 5.77. The highest BCUT2D eigenvalue weighted by atomic mass is 19.3. The minimum absolute atomic E-state index is 0.169. The highest BCUT2D eigenvalue weighted by molar-refractivity contribution is 5.95. The van der Waals surface area contributed by atoms with E-state index in [0.29, 0.717) is 17.2 Å². The summed E-state index contributed by atoms with van der Waals surface area (Å²) in [5, 5.41) is 6.20. The average Bonchev–Trinajstić information content (AvgIpc) is 3.56. The molecule has 1 aliphatic heterocycles. The van der Waals surface area contributed by atoms with E-state index < -0.39 is 18.9 Å². The molecule has 5 aromatic heterocycles. The zero-order valence-corrected chi connectivity index (χ0v) is 21.1. The summed E-state index contributed by atoms with van der Waals surface area (Å²) in [7, 11) is 2.12. The quantitative estimate of drug-likeness (QED) is 0.293. The molecule has 0 atom stereocenters. The first-order chi connectivity index (χ1) is 18.9. The normalized spacial score (nSPS) is 14.4. The molecule has 0 saturated carbocycles. The number of nitrogens with one attached hydrogen (secondary N) is 3. The van der Waals surface area contributed by atoms with Gasteiger partial charge in [-0.2, -0.15) is 4.98 Å². The molecule has 0 unspecified atom stereocenters. The first-order valence-electron chi connectivity index (χ1n) is 12.5. The Balaban J connectivity index is 1.21. The van der Waals surface area contributed by atoms with Gasteiger partial charge in [0.15, 0.2) is 0 Å². The van der Waals surface area contributed by atoms with E-state index >= 15 is 0 Å². The van der Waals surface area contributed by atoms with Gasteiger partial charge >= 0.3 is 0 Å². The van der Waals surface area contributed by atoms with E-state index in [2.05, 4.69) is 52.4 Å². The van der Waals surface area contributed by atoms with E-state index in [1.54, 1.807) is 29.1 Å². The van der Waals surface area contributed by atoms with Crippen molar-refractivity contribution in [3.8, 4) is 11.1 Å². The molecule has 0 bridgehead atoms. The number of H-pyrrole nitrogens is 1. The van der Waals surface area contributed by atoms with Gasteiger partial charge in [0.1, 0.15) is 22.8 Å². The van der Waals surface area contributed by atoms with E-state index in [-0.39, 0.29) is 5.69 Å². The van der Waals surface area contributed by atoms with Crippen LogP contribution in [-0.4, -0.2) is 86.3 Å². The number of piperazine rings is 1. The lowest BCUT2D eigenvalue weighted by Gasteiger charge is -2.33. The van der Waals surface area contributed by atoms with Gasteiger partial charge < -0.3 is 25.4 Å². The molecule has 1 aliphatic rings. The van der Waals surface area contributed by atoms with Crippen LogP contribution in [-0.2, 0) is 0 Å². The van der Waals surface area contributed by atoms with Crippen molar-refractivity contribution in [1.82, 2.24) is 39.5 Å². The molecule has 1 fully saturated rings. The van der Waals surface area contributed by atoms with E-state index in [4.69, 9.17) is 0 Å². The number of fused-ring (bicyclic) bond motifs is 2. The number of nitrogens with zero attached hydrogens (tertiary/aromatic N) is 7. The summed E-state index contributed by atoms with van der Waals surface area (Å²) >= 11 is 0. The zero-order chi connectivity index (χ0) is 26.9. The SMILES string of the molecule is CN1CCN(c2ccc(Nc3ncc4c(-c5ccc6ncc(C(=O)NCC(F)F)n6c5)c[nH]c4n3)cn2)CC1. The molecule has 6 heterocycles. The minimum Gasteiger partial charge on any atom is -0.354 e. The molecule has 13 heteroatoms. The highest BCUT2D eigenvalue weighted by Gasteiger charge is 2.17. The molecule has 39 heavy (non-hydrogen) atoms.